The van der Waals surface area contributed by atoms with Crippen molar-refractivity contribution in [1.29, 1.82) is 0 Å². The average Bonchev–Trinajstić information content (AvgIpc) is 3.21. The van der Waals surface area contributed by atoms with Crippen LogP contribution in [0.5, 0.6) is 0 Å². The molecule has 2 aliphatic rings. The molecule has 134 valence electrons. The average molecular weight is 361 g/mol. The number of aromatic carboxylic acids is 1. The zero-order valence-electron chi connectivity index (χ0n) is 14.2. The minimum atomic E-state index is -0.986. The highest BCUT2D eigenvalue weighted by atomic mass is 16.5. The topological polar surface area (TPSA) is 78.5 Å². The summed E-state index contributed by atoms with van der Waals surface area (Å²) in [5.41, 5.74) is 4.48. The third kappa shape index (κ3) is 2.36. The molecule has 0 aliphatic carbocycles. The van der Waals surface area contributed by atoms with Gasteiger partial charge in [-0.25, -0.2) is 9.48 Å². The van der Waals surface area contributed by atoms with Crippen molar-refractivity contribution < 1.29 is 19.4 Å². The predicted molar refractivity (Wildman–Crippen MR) is 99.5 cm³/mol. The van der Waals surface area contributed by atoms with E-state index in [4.69, 9.17) is 9.47 Å². The fraction of sp³-hybridized carbons (Fsp3) is 0.100. The lowest BCUT2D eigenvalue weighted by Gasteiger charge is -2.13. The number of carbonyl (C=O) groups is 1. The number of fused-ring (bicyclic) bond motifs is 4. The molecule has 0 saturated carbocycles. The lowest BCUT2D eigenvalue weighted by molar-refractivity contribution is 0.0689. The van der Waals surface area contributed by atoms with Crippen molar-refractivity contribution in [3.63, 3.8) is 0 Å². The lowest BCUT2D eigenvalue weighted by atomic mass is 10.0. The van der Waals surface area contributed by atoms with Crippen LogP contribution in [0, 0.1) is 0 Å². The molecule has 0 atom stereocenters. The molecule has 3 aromatic rings. The number of carboxylic acids is 1. The van der Waals surface area contributed by atoms with Crippen LogP contribution in [0.2, 0.25) is 0 Å². The second-order valence-electron chi connectivity index (χ2n) is 6.24. The number of hydrogen-bond donors (Lipinski definition) is 1. The molecular weight excluding hydrogens is 346 g/mol. The summed E-state index contributed by atoms with van der Waals surface area (Å²) in [5, 5.41) is 15.1. The Hall–Kier alpha value is -3.74. The lowest BCUT2D eigenvalue weighted by Crippen LogP contribution is -2.05. The van der Waals surface area contributed by atoms with Gasteiger partial charge in [0.1, 0.15) is 30.9 Å². The Morgan fingerprint density at radius 3 is 2.89 bits per heavy atom. The molecule has 0 unspecified atom stereocenters. The zero-order valence-corrected chi connectivity index (χ0v) is 14.2. The van der Waals surface area contributed by atoms with Gasteiger partial charge in [0.05, 0.1) is 23.7 Å². The SMILES string of the molecule is O=C(O)c1cc2cccc3c2n1/C=C\C=C/OCc1nn2c(c1-3)COC=C2. The van der Waals surface area contributed by atoms with Crippen LogP contribution >= 0.6 is 0 Å². The first-order chi connectivity index (χ1) is 13.2. The predicted octanol–water partition coefficient (Wildman–Crippen LogP) is 3.68. The number of aromatic nitrogens is 3. The molecule has 2 aliphatic heterocycles. The van der Waals surface area contributed by atoms with E-state index in [2.05, 4.69) is 5.10 Å². The second kappa shape index (κ2) is 5.91. The van der Waals surface area contributed by atoms with Gasteiger partial charge in [0, 0.05) is 22.7 Å². The van der Waals surface area contributed by atoms with E-state index in [0.717, 1.165) is 33.4 Å². The first kappa shape index (κ1) is 15.5. The van der Waals surface area contributed by atoms with Crippen LogP contribution in [-0.2, 0) is 22.7 Å². The van der Waals surface area contributed by atoms with E-state index in [0.29, 0.717) is 13.2 Å². The molecule has 0 fully saturated rings. The molecular formula is C20H15N3O4. The molecule has 0 amide bonds. The van der Waals surface area contributed by atoms with Crippen LogP contribution < -0.4 is 0 Å². The van der Waals surface area contributed by atoms with E-state index >= 15 is 0 Å². The fourth-order valence-electron chi connectivity index (χ4n) is 3.59. The van der Waals surface area contributed by atoms with Crippen molar-refractivity contribution >= 4 is 29.3 Å². The van der Waals surface area contributed by atoms with Crippen LogP contribution in [0.25, 0.3) is 34.4 Å². The number of para-hydroxylation sites is 1. The summed E-state index contributed by atoms with van der Waals surface area (Å²) in [4.78, 5) is 11.8. The van der Waals surface area contributed by atoms with Crippen molar-refractivity contribution in [1.82, 2.24) is 14.3 Å². The smallest absolute Gasteiger partial charge is 0.352 e. The van der Waals surface area contributed by atoms with Crippen LogP contribution in [0.4, 0.5) is 0 Å². The summed E-state index contributed by atoms with van der Waals surface area (Å²) in [6.45, 7) is 0.684. The van der Waals surface area contributed by atoms with E-state index in [1.165, 1.54) is 0 Å². The molecule has 0 spiro atoms. The first-order valence-corrected chi connectivity index (χ1v) is 8.45. The summed E-state index contributed by atoms with van der Waals surface area (Å²) in [6.07, 6.45) is 10.1. The number of ether oxygens (including phenoxy) is 2. The number of carboxylic acid groups (broad SMARTS) is 1. The van der Waals surface area contributed by atoms with Gasteiger partial charge >= 0.3 is 5.97 Å². The molecule has 0 radical (unpaired) electrons. The van der Waals surface area contributed by atoms with Gasteiger partial charge < -0.3 is 19.1 Å². The van der Waals surface area contributed by atoms with Crippen molar-refractivity contribution in [2.24, 2.45) is 0 Å². The summed E-state index contributed by atoms with van der Waals surface area (Å²) in [5.74, 6) is -0.986. The molecule has 7 heteroatoms. The van der Waals surface area contributed by atoms with E-state index in [1.807, 2.05) is 18.2 Å². The van der Waals surface area contributed by atoms with Gasteiger partial charge in [-0.2, -0.15) is 5.10 Å². The highest BCUT2D eigenvalue weighted by Crippen LogP contribution is 2.37. The summed E-state index contributed by atoms with van der Waals surface area (Å²) >= 11 is 0. The number of allylic oxidation sites excluding steroid dienone is 2. The standard InChI is InChI=1S/C20H15N3O4/c24-20(25)16-10-13-4-3-5-14-18-15(21-23-7-9-27-12-17(18)23)11-26-8-2-1-6-22(16)19(13)14/h1-10H,11-12H2,(H,24,25)/b6-1-,8-2-. The molecule has 1 aromatic carbocycles. The Kier molecular flexibility index (Phi) is 3.39. The van der Waals surface area contributed by atoms with Gasteiger partial charge in [0.2, 0.25) is 0 Å². The summed E-state index contributed by atoms with van der Waals surface area (Å²) in [7, 11) is 0. The van der Waals surface area contributed by atoms with Gasteiger partial charge in [0.25, 0.3) is 0 Å². The quantitative estimate of drug-likeness (QED) is 0.715. The van der Waals surface area contributed by atoms with Gasteiger partial charge in [0.15, 0.2) is 0 Å². The van der Waals surface area contributed by atoms with Crippen LogP contribution in [0.1, 0.15) is 21.9 Å². The molecule has 0 saturated heterocycles. The highest BCUT2D eigenvalue weighted by Gasteiger charge is 2.25. The maximum absolute atomic E-state index is 11.8. The molecule has 7 nitrogen and oxygen atoms in total. The van der Waals surface area contributed by atoms with Crippen molar-refractivity contribution in [3.8, 4) is 11.1 Å². The fourth-order valence-corrected chi connectivity index (χ4v) is 3.59. The molecule has 2 aromatic heterocycles. The van der Waals surface area contributed by atoms with E-state index < -0.39 is 5.97 Å². The zero-order chi connectivity index (χ0) is 18.4. The monoisotopic (exact) mass is 361 g/mol. The number of benzene rings is 1. The summed E-state index contributed by atoms with van der Waals surface area (Å²) < 4.78 is 14.6. The Morgan fingerprint density at radius 2 is 2.00 bits per heavy atom. The molecule has 27 heavy (non-hydrogen) atoms. The van der Waals surface area contributed by atoms with E-state index in [-0.39, 0.29) is 5.69 Å². The van der Waals surface area contributed by atoms with Crippen molar-refractivity contribution in [3.05, 3.63) is 66.0 Å². The third-order valence-electron chi connectivity index (χ3n) is 4.69. The minimum absolute atomic E-state index is 0.195. The van der Waals surface area contributed by atoms with Gasteiger partial charge in [-0.15, -0.1) is 0 Å². The molecule has 5 rings (SSSR count). The Morgan fingerprint density at radius 1 is 1.11 bits per heavy atom. The van der Waals surface area contributed by atoms with Crippen molar-refractivity contribution in [2.45, 2.75) is 13.2 Å². The maximum Gasteiger partial charge on any atom is 0.352 e. The highest BCUT2D eigenvalue weighted by molar-refractivity contribution is 6.03. The Labute approximate surface area is 154 Å². The van der Waals surface area contributed by atoms with Crippen LogP contribution in [0.15, 0.2) is 48.9 Å². The maximum atomic E-state index is 11.8. The van der Waals surface area contributed by atoms with Gasteiger partial charge in [-0.3, -0.25) is 0 Å². The second-order valence-corrected chi connectivity index (χ2v) is 6.24. The molecule has 0 bridgehead atoms. The van der Waals surface area contributed by atoms with Gasteiger partial charge in [-0.05, 0) is 18.2 Å². The number of nitrogens with zero attached hydrogens (tertiary/aromatic N) is 3. The van der Waals surface area contributed by atoms with Gasteiger partial charge in [-0.1, -0.05) is 18.2 Å². The van der Waals surface area contributed by atoms with Crippen LogP contribution in [-0.4, -0.2) is 25.4 Å². The normalized spacial score (nSPS) is 17.2. The minimum Gasteiger partial charge on any atom is -0.495 e. The van der Waals surface area contributed by atoms with Crippen molar-refractivity contribution in [2.75, 3.05) is 0 Å². The molecule has 1 N–H and O–H groups in total. The van der Waals surface area contributed by atoms with E-state index in [1.54, 1.807) is 52.4 Å². The summed E-state index contributed by atoms with van der Waals surface area (Å²) in [6, 6.07) is 7.49. The number of rotatable bonds is 1. The Balaban J connectivity index is 1.91. The Bertz CT molecular complexity index is 1160. The van der Waals surface area contributed by atoms with Crippen LogP contribution in [0.3, 0.4) is 0 Å². The van der Waals surface area contributed by atoms with E-state index in [9.17, 15) is 9.90 Å². The molecule has 4 heterocycles. The first-order valence-electron chi connectivity index (χ1n) is 8.45. The number of hydrogen-bond acceptors (Lipinski definition) is 4. The third-order valence-corrected chi connectivity index (χ3v) is 4.69. The largest absolute Gasteiger partial charge is 0.495 e.